The molecule has 0 aliphatic rings. The minimum atomic E-state index is -0.821. The highest BCUT2D eigenvalue weighted by atomic mass is 16.5. The molecule has 6 heteroatoms. The molecule has 0 aromatic heterocycles. The van der Waals surface area contributed by atoms with Gasteiger partial charge in [0.05, 0.1) is 19.8 Å². The fraction of sp³-hybridized carbons (Fsp3) is 0.846. The van der Waals surface area contributed by atoms with Crippen LogP contribution in [0.4, 0.5) is 0 Å². The number of carbonyl (C=O) groups excluding carboxylic acids is 1. The van der Waals surface area contributed by atoms with E-state index in [1.54, 1.807) is 0 Å². The smallest absolute Gasteiger partial charge is 0.305 e. The van der Waals surface area contributed by atoms with Gasteiger partial charge in [-0.25, -0.2) is 0 Å². The summed E-state index contributed by atoms with van der Waals surface area (Å²) >= 11 is 0. The molecule has 0 bridgehead atoms. The van der Waals surface area contributed by atoms with Gasteiger partial charge in [-0.3, -0.25) is 9.59 Å². The zero-order chi connectivity index (χ0) is 15.3. The number of aliphatic carboxylic acids is 1. The average molecular weight is 278 g/mol. The van der Waals surface area contributed by atoms with Crippen LogP contribution < -0.4 is 0 Å². The van der Waals surface area contributed by atoms with Crippen LogP contribution in [0.25, 0.3) is 0 Å². The number of aliphatic hydroxyl groups is 2. The van der Waals surface area contributed by atoms with E-state index < -0.39 is 5.97 Å². The Labute approximate surface area is 114 Å². The van der Waals surface area contributed by atoms with Gasteiger partial charge in [-0.2, -0.15) is 0 Å². The summed E-state index contributed by atoms with van der Waals surface area (Å²) in [6, 6.07) is 0. The highest BCUT2D eigenvalue weighted by molar-refractivity contribution is 5.69. The number of hydrogen-bond donors (Lipinski definition) is 3. The highest BCUT2D eigenvalue weighted by Gasteiger charge is 2.13. The summed E-state index contributed by atoms with van der Waals surface area (Å²) in [5.41, 5.74) is -0.0171. The van der Waals surface area contributed by atoms with Gasteiger partial charge >= 0.3 is 11.9 Å². The van der Waals surface area contributed by atoms with Crippen molar-refractivity contribution in [3.05, 3.63) is 0 Å². The van der Waals surface area contributed by atoms with Crippen molar-refractivity contribution in [1.29, 1.82) is 0 Å². The Morgan fingerprint density at radius 2 is 1.47 bits per heavy atom. The van der Waals surface area contributed by atoms with Crippen LogP contribution in [0.15, 0.2) is 0 Å². The topological polar surface area (TPSA) is 104 Å². The Morgan fingerprint density at radius 3 is 1.84 bits per heavy atom. The molecule has 0 heterocycles. The third kappa shape index (κ3) is 22.5. The van der Waals surface area contributed by atoms with Gasteiger partial charge in [0.25, 0.3) is 0 Å². The SMILES string of the molecule is CC(C)(C)COC(=O)CCCCC(=O)O.OCCO. The first-order valence-electron chi connectivity index (χ1n) is 6.32. The minimum absolute atomic E-state index is 0.0171. The maximum absolute atomic E-state index is 11.2. The van der Waals surface area contributed by atoms with Gasteiger partial charge < -0.3 is 20.1 Å². The molecule has 0 atom stereocenters. The maximum atomic E-state index is 11.2. The van der Waals surface area contributed by atoms with E-state index in [2.05, 4.69) is 0 Å². The molecule has 0 aromatic rings. The predicted molar refractivity (Wildman–Crippen MR) is 70.7 cm³/mol. The van der Waals surface area contributed by atoms with E-state index in [4.69, 9.17) is 20.1 Å². The van der Waals surface area contributed by atoms with Crippen molar-refractivity contribution < 1.29 is 29.6 Å². The minimum Gasteiger partial charge on any atom is -0.481 e. The van der Waals surface area contributed by atoms with Crippen LogP contribution in [-0.2, 0) is 14.3 Å². The molecule has 0 rings (SSSR count). The molecular formula is C13H26O6. The van der Waals surface area contributed by atoms with Crippen molar-refractivity contribution in [1.82, 2.24) is 0 Å². The molecule has 0 saturated carbocycles. The second kappa shape index (κ2) is 11.9. The van der Waals surface area contributed by atoms with Crippen molar-refractivity contribution in [2.45, 2.75) is 46.5 Å². The van der Waals surface area contributed by atoms with Gasteiger partial charge in [-0.1, -0.05) is 20.8 Å². The average Bonchev–Trinajstić information content (AvgIpc) is 2.31. The van der Waals surface area contributed by atoms with E-state index in [1.165, 1.54) is 0 Å². The monoisotopic (exact) mass is 278 g/mol. The molecule has 0 spiro atoms. The van der Waals surface area contributed by atoms with E-state index in [-0.39, 0.29) is 31.0 Å². The fourth-order valence-corrected chi connectivity index (χ4v) is 0.915. The molecule has 0 saturated heterocycles. The Hall–Kier alpha value is -1.14. The Balaban J connectivity index is 0. The highest BCUT2D eigenvalue weighted by Crippen LogP contribution is 2.13. The summed E-state index contributed by atoms with van der Waals surface area (Å²) in [6.45, 7) is 6.13. The Kier molecular flexibility index (Phi) is 12.7. The number of hydrogen-bond acceptors (Lipinski definition) is 5. The van der Waals surface area contributed by atoms with Gasteiger partial charge in [-0.05, 0) is 18.3 Å². The van der Waals surface area contributed by atoms with Crippen molar-refractivity contribution >= 4 is 11.9 Å². The maximum Gasteiger partial charge on any atom is 0.305 e. The predicted octanol–water partition coefficient (Wildman–Crippen LogP) is 1.19. The number of carboxylic acids is 1. The molecule has 0 aliphatic carbocycles. The normalized spacial score (nSPS) is 10.4. The van der Waals surface area contributed by atoms with Crippen molar-refractivity contribution in [2.24, 2.45) is 5.41 Å². The van der Waals surface area contributed by atoms with E-state index in [1.807, 2.05) is 20.8 Å². The number of unbranched alkanes of at least 4 members (excludes halogenated alkanes) is 1. The molecule has 0 unspecified atom stereocenters. The number of esters is 1. The molecule has 0 fully saturated rings. The van der Waals surface area contributed by atoms with E-state index in [0.29, 0.717) is 25.9 Å². The van der Waals surface area contributed by atoms with E-state index in [0.717, 1.165) is 0 Å². The lowest BCUT2D eigenvalue weighted by molar-refractivity contribution is -0.147. The van der Waals surface area contributed by atoms with Gasteiger partial charge in [-0.15, -0.1) is 0 Å². The van der Waals surface area contributed by atoms with Crippen LogP contribution in [0.3, 0.4) is 0 Å². The number of carbonyl (C=O) groups is 2. The third-order valence-corrected chi connectivity index (χ3v) is 1.79. The lowest BCUT2D eigenvalue weighted by Gasteiger charge is -2.17. The second-order valence-corrected chi connectivity index (χ2v) is 5.27. The van der Waals surface area contributed by atoms with Gasteiger partial charge in [0.15, 0.2) is 0 Å². The standard InChI is InChI=1S/C11H20O4.C2H6O2/c1-11(2,3)8-15-10(14)7-5-4-6-9(12)13;3-1-2-4/h4-8H2,1-3H3,(H,12,13);3-4H,1-2H2. The lowest BCUT2D eigenvalue weighted by atomic mass is 9.99. The molecule has 19 heavy (non-hydrogen) atoms. The van der Waals surface area contributed by atoms with Crippen molar-refractivity contribution in [3.63, 3.8) is 0 Å². The first-order chi connectivity index (χ1) is 8.72. The van der Waals surface area contributed by atoms with Crippen LogP contribution in [0.1, 0.15) is 46.5 Å². The Morgan fingerprint density at radius 1 is 1.00 bits per heavy atom. The van der Waals surface area contributed by atoms with Gasteiger partial charge in [0.1, 0.15) is 0 Å². The molecule has 3 N–H and O–H groups in total. The molecule has 0 radical (unpaired) electrons. The zero-order valence-electron chi connectivity index (χ0n) is 12.0. The summed E-state index contributed by atoms with van der Waals surface area (Å²) in [4.78, 5) is 21.3. The quantitative estimate of drug-likeness (QED) is 0.477. The first kappa shape index (κ1) is 20.2. The molecule has 6 nitrogen and oxygen atoms in total. The molecule has 0 aliphatic heterocycles. The third-order valence-electron chi connectivity index (χ3n) is 1.79. The second-order valence-electron chi connectivity index (χ2n) is 5.27. The molecular weight excluding hydrogens is 252 g/mol. The van der Waals surface area contributed by atoms with Gasteiger partial charge in [0, 0.05) is 12.8 Å². The van der Waals surface area contributed by atoms with Crippen molar-refractivity contribution in [2.75, 3.05) is 19.8 Å². The number of aliphatic hydroxyl groups excluding tert-OH is 2. The molecule has 0 aromatic carbocycles. The first-order valence-corrected chi connectivity index (χ1v) is 6.32. The summed E-state index contributed by atoms with van der Waals surface area (Å²) in [6.07, 6.45) is 1.53. The summed E-state index contributed by atoms with van der Waals surface area (Å²) < 4.78 is 5.03. The number of rotatable bonds is 7. The van der Waals surface area contributed by atoms with Crippen molar-refractivity contribution in [3.8, 4) is 0 Å². The molecule has 0 amide bonds. The van der Waals surface area contributed by atoms with Crippen LogP contribution in [0, 0.1) is 5.41 Å². The van der Waals surface area contributed by atoms with E-state index >= 15 is 0 Å². The zero-order valence-corrected chi connectivity index (χ0v) is 12.0. The fourth-order valence-electron chi connectivity index (χ4n) is 0.915. The Bertz CT molecular complexity index is 242. The molecule has 114 valence electrons. The van der Waals surface area contributed by atoms with Gasteiger partial charge in [0.2, 0.25) is 0 Å². The van der Waals surface area contributed by atoms with Crippen LogP contribution in [-0.4, -0.2) is 47.1 Å². The van der Waals surface area contributed by atoms with Crippen LogP contribution in [0.2, 0.25) is 0 Å². The number of carboxylic acid groups (broad SMARTS) is 1. The summed E-state index contributed by atoms with van der Waals surface area (Å²) in [5, 5.41) is 23.6. The summed E-state index contributed by atoms with van der Waals surface area (Å²) in [5.74, 6) is -1.06. The van der Waals surface area contributed by atoms with E-state index in [9.17, 15) is 9.59 Å². The summed E-state index contributed by atoms with van der Waals surface area (Å²) in [7, 11) is 0. The van der Waals surface area contributed by atoms with Crippen LogP contribution >= 0.6 is 0 Å². The lowest BCUT2D eigenvalue weighted by Crippen LogP contribution is -2.18. The van der Waals surface area contributed by atoms with Crippen LogP contribution in [0.5, 0.6) is 0 Å². The number of ether oxygens (including phenoxy) is 1. The largest absolute Gasteiger partial charge is 0.481 e.